The number of hydrogen-bond acceptors (Lipinski definition) is 2. The number of hydrogen-bond donors (Lipinski definition) is 1. The molecular weight excluding hydrogens is 202 g/mol. The van der Waals surface area contributed by atoms with E-state index in [0.717, 1.165) is 23.3 Å². The van der Waals surface area contributed by atoms with Gasteiger partial charge in [0.15, 0.2) is 5.65 Å². The fraction of sp³-hybridized carbons (Fsp3) is 0.500. The normalized spacial score (nSPS) is 16.6. The molecule has 1 fully saturated rings. The topological polar surface area (TPSA) is 50.2 Å². The zero-order valence-corrected chi connectivity index (χ0v) is 9.36. The molecule has 0 radical (unpaired) electrons. The predicted molar refractivity (Wildman–Crippen MR) is 61.8 cm³/mol. The Morgan fingerprint density at radius 2 is 2.38 bits per heavy atom. The average molecular weight is 217 g/mol. The van der Waals surface area contributed by atoms with Gasteiger partial charge < -0.3 is 0 Å². The van der Waals surface area contributed by atoms with Crippen LogP contribution in [0.2, 0.25) is 0 Å². The number of nitrogens with zero attached hydrogens (tertiary/aromatic N) is 2. The van der Waals surface area contributed by atoms with E-state index in [0.29, 0.717) is 5.92 Å². The molecule has 3 rings (SSSR count). The number of aryl methyl sites for hydroxylation is 1. The molecular formula is C12H15N3O. The zero-order chi connectivity index (χ0) is 11.1. The first-order valence-electron chi connectivity index (χ1n) is 5.89. The highest BCUT2D eigenvalue weighted by atomic mass is 16.1. The van der Waals surface area contributed by atoms with E-state index in [4.69, 9.17) is 0 Å². The van der Waals surface area contributed by atoms with Crippen molar-refractivity contribution in [3.8, 4) is 0 Å². The van der Waals surface area contributed by atoms with Crippen LogP contribution in [0.25, 0.3) is 5.65 Å². The van der Waals surface area contributed by atoms with Gasteiger partial charge in [0, 0.05) is 23.7 Å². The highest BCUT2D eigenvalue weighted by molar-refractivity contribution is 5.46. The molecule has 2 aromatic heterocycles. The van der Waals surface area contributed by atoms with Crippen molar-refractivity contribution in [1.82, 2.24) is 14.6 Å². The third-order valence-corrected chi connectivity index (χ3v) is 3.50. The monoisotopic (exact) mass is 217 g/mol. The molecule has 1 N–H and O–H groups in total. The molecule has 0 atom stereocenters. The highest BCUT2D eigenvalue weighted by Crippen LogP contribution is 2.34. The van der Waals surface area contributed by atoms with Gasteiger partial charge >= 0.3 is 0 Å². The molecule has 0 aromatic carbocycles. The lowest BCUT2D eigenvalue weighted by Crippen LogP contribution is -2.19. The summed E-state index contributed by atoms with van der Waals surface area (Å²) in [6.45, 7) is 2.07. The number of fused-ring (bicyclic) bond motifs is 1. The summed E-state index contributed by atoms with van der Waals surface area (Å²) in [6, 6.07) is 1.67. The maximum absolute atomic E-state index is 11.9. The van der Waals surface area contributed by atoms with Crippen molar-refractivity contribution < 1.29 is 0 Å². The van der Waals surface area contributed by atoms with Crippen molar-refractivity contribution in [3.05, 3.63) is 33.9 Å². The third kappa shape index (κ3) is 1.29. The largest absolute Gasteiger partial charge is 0.297 e. The molecule has 84 valence electrons. The first kappa shape index (κ1) is 9.63. The summed E-state index contributed by atoms with van der Waals surface area (Å²) in [6.07, 6.45) is 6.38. The molecule has 0 amide bonds. The second-order valence-electron chi connectivity index (χ2n) is 4.46. The number of rotatable bonds is 2. The fourth-order valence-electron chi connectivity index (χ4n) is 2.22. The highest BCUT2D eigenvalue weighted by Gasteiger charge is 2.22. The molecule has 0 saturated heterocycles. The summed E-state index contributed by atoms with van der Waals surface area (Å²) in [7, 11) is 0. The Bertz CT molecular complexity index is 577. The minimum Gasteiger partial charge on any atom is -0.297 e. The van der Waals surface area contributed by atoms with E-state index in [1.165, 1.54) is 23.8 Å². The van der Waals surface area contributed by atoms with Crippen LogP contribution >= 0.6 is 0 Å². The molecule has 0 spiro atoms. The molecule has 1 saturated carbocycles. The standard InChI is InChI=1S/C12H15N3O/c1-2-8-7-13-15-11(16)6-10(14-12(8)15)9-4-3-5-9/h6-7,9,13H,2-5H2,1H3. The summed E-state index contributed by atoms with van der Waals surface area (Å²) < 4.78 is 1.53. The number of nitrogens with one attached hydrogen (secondary N) is 1. The SMILES string of the molecule is CCc1c[nH]n2c(=O)cc(C3CCC3)nc12. The van der Waals surface area contributed by atoms with Crippen LogP contribution in [0.5, 0.6) is 0 Å². The smallest absolute Gasteiger partial charge is 0.272 e. The Morgan fingerprint density at radius 1 is 1.56 bits per heavy atom. The van der Waals surface area contributed by atoms with Gasteiger partial charge in [0.1, 0.15) is 0 Å². The van der Waals surface area contributed by atoms with Crippen molar-refractivity contribution in [2.24, 2.45) is 0 Å². The Balaban J connectivity index is 2.21. The lowest BCUT2D eigenvalue weighted by molar-refractivity contribution is 0.411. The molecule has 0 unspecified atom stereocenters. The van der Waals surface area contributed by atoms with Crippen molar-refractivity contribution in [2.45, 2.75) is 38.5 Å². The number of aromatic amines is 1. The van der Waals surface area contributed by atoms with E-state index in [1.807, 2.05) is 6.20 Å². The van der Waals surface area contributed by atoms with Crippen LogP contribution in [0.1, 0.15) is 43.4 Å². The van der Waals surface area contributed by atoms with E-state index in [-0.39, 0.29) is 5.56 Å². The lowest BCUT2D eigenvalue weighted by Gasteiger charge is -2.24. The summed E-state index contributed by atoms with van der Waals surface area (Å²) in [5.74, 6) is 0.511. The molecule has 1 aliphatic carbocycles. The van der Waals surface area contributed by atoms with Crippen LogP contribution < -0.4 is 5.56 Å². The Morgan fingerprint density at radius 3 is 3.00 bits per heavy atom. The van der Waals surface area contributed by atoms with Crippen LogP contribution in [0.4, 0.5) is 0 Å². The average Bonchev–Trinajstić information content (AvgIpc) is 2.58. The summed E-state index contributed by atoms with van der Waals surface area (Å²) >= 11 is 0. The molecule has 4 nitrogen and oxygen atoms in total. The first-order chi connectivity index (χ1) is 7.79. The van der Waals surface area contributed by atoms with Gasteiger partial charge in [-0.1, -0.05) is 13.3 Å². The summed E-state index contributed by atoms with van der Waals surface area (Å²) in [4.78, 5) is 16.5. The van der Waals surface area contributed by atoms with E-state index >= 15 is 0 Å². The third-order valence-electron chi connectivity index (χ3n) is 3.50. The maximum Gasteiger partial charge on any atom is 0.272 e. The zero-order valence-electron chi connectivity index (χ0n) is 9.36. The van der Waals surface area contributed by atoms with Gasteiger partial charge in [-0.25, -0.2) is 9.50 Å². The summed E-state index contributed by atoms with van der Waals surface area (Å²) in [5, 5.41) is 2.95. The van der Waals surface area contributed by atoms with Gasteiger partial charge in [-0.3, -0.25) is 9.89 Å². The Kier molecular flexibility index (Phi) is 2.09. The first-order valence-corrected chi connectivity index (χ1v) is 5.89. The van der Waals surface area contributed by atoms with Crippen molar-refractivity contribution in [2.75, 3.05) is 0 Å². The lowest BCUT2D eigenvalue weighted by atomic mass is 9.83. The van der Waals surface area contributed by atoms with Crippen LogP contribution in [-0.2, 0) is 6.42 Å². The number of H-pyrrole nitrogens is 1. The summed E-state index contributed by atoms with van der Waals surface area (Å²) in [5.41, 5.74) is 2.90. The van der Waals surface area contributed by atoms with Gasteiger partial charge in [-0.05, 0) is 19.3 Å². The molecule has 0 aliphatic heterocycles. The molecule has 1 aliphatic rings. The quantitative estimate of drug-likeness (QED) is 0.834. The van der Waals surface area contributed by atoms with E-state index in [9.17, 15) is 4.79 Å². The van der Waals surface area contributed by atoms with Crippen molar-refractivity contribution in [3.63, 3.8) is 0 Å². The molecule has 2 heterocycles. The Hall–Kier alpha value is -1.58. The van der Waals surface area contributed by atoms with Gasteiger partial charge in [-0.15, -0.1) is 0 Å². The second-order valence-corrected chi connectivity index (χ2v) is 4.46. The van der Waals surface area contributed by atoms with Crippen molar-refractivity contribution >= 4 is 5.65 Å². The minimum atomic E-state index is 0.00611. The fourth-order valence-corrected chi connectivity index (χ4v) is 2.22. The van der Waals surface area contributed by atoms with Crippen molar-refractivity contribution in [1.29, 1.82) is 0 Å². The Labute approximate surface area is 93.3 Å². The second kappa shape index (κ2) is 3.47. The van der Waals surface area contributed by atoms with Crippen LogP contribution in [0.15, 0.2) is 17.1 Å². The maximum atomic E-state index is 11.9. The van der Waals surface area contributed by atoms with E-state index in [2.05, 4.69) is 17.0 Å². The van der Waals surface area contributed by atoms with Gasteiger partial charge in [0.05, 0.1) is 5.69 Å². The molecule has 16 heavy (non-hydrogen) atoms. The van der Waals surface area contributed by atoms with Gasteiger partial charge in [-0.2, -0.15) is 0 Å². The molecule has 0 bridgehead atoms. The number of aromatic nitrogens is 3. The predicted octanol–water partition coefficient (Wildman–Crippen LogP) is 1.85. The minimum absolute atomic E-state index is 0.00611. The van der Waals surface area contributed by atoms with Crippen LogP contribution in [0.3, 0.4) is 0 Å². The van der Waals surface area contributed by atoms with Crippen LogP contribution in [0, 0.1) is 0 Å². The van der Waals surface area contributed by atoms with E-state index < -0.39 is 0 Å². The molecule has 2 aromatic rings. The molecule has 4 heteroatoms. The van der Waals surface area contributed by atoms with Gasteiger partial charge in [0.25, 0.3) is 5.56 Å². The van der Waals surface area contributed by atoms with Crippen LogP contribution in [-0.4, -0.2) is 14.6 Å². The van der Waals surface area contributed by atoms with Gasteiger partial charge in [0.2, 0.25) is 0 Å². The van der Waals surface area contributed by atoms with E-state index in [1.54, 1.807) is 6.07 Å².